The van der Waals surface area contributed by atoms with Crippen molar-refractivity contribution in [1.29, 1.82) is 0 Å². The fraction of sp³-hybridized carbons (Fsp3) is 0.435. The van der Waals surface area contributed by atoms with Crippen LogP contribution in [0.2, 0.25) is 0 Å². The maximum absolute atomic E-state index is 12.1. The van der Waals surface area contributed by atoms with E-state index in [1.807, 2.05) is 6.92 Å². The van der Waals surface area contributed by atoms with Crippen molar-refractivity contribution in [3.05, 3.63) is 65.2 Å². The zero-order valence-corrected chi connectivity index (χ0v) is 16.7. The summed E-state index contributed by atoms with van der Waals surface area (Å²) in [4.78, 5) is 16.7. The van der Waals surface area contributed by atoms with Crippen molar-refractivity contribution in [2.24, 2.45) is 0 Å². The van der Waals surface area contributed by atoms with Crippen LogP contribution >= 0.6 is 0 Å². The molecule has 1 aliphatic rings. The molecule has 3 rings (SSSR count). The van der Waals surface area contributed by atoms with Gasteiger partial charge in [0.15, 0.2) is 0 Å². The molecule has 1 unspecified atom stereocenters. The second-order valence-corrected chi connectivity index (χ2v) is 7.55. The first-order valence-electron chi connectivity index (χ1n) is 9.93. The molecule has 1 N–H and O–H groups in total. The minimum Gasteiger partial charge on any atom is -0.378 e. The van der Waals surface area contributed by atoms with Crippen molar-refractivity contribution in [2.75, 3.05) is 32.1 Å². The van der Waals surface area contributed by atoms with Crippen molar-refractivity contribution >= 4 is 11.6 Å². The second-order valence-electron chi connectivity index (χ2n) is 7.55. The first-order chi connectivity index (χ1) is 13.1. The molecule has 1 heterocycles. The van der Waals surface area contributed by atoms with E-state index in [9.17, 15) is 4.79 Å². The predicted molar refractivity (Wildman–Crippen MR) is 112 cm³/mol. The molecule has 0 aliphatic carbocycles. The summed E-state index contributed by atoms with van der Waals surface area (Å²) in [6.45, 7) is 4.64. The van der Waals surface area contributed by atoms with Crippen LogP contribution in [0.15, 0.2) is 48.5 Å². The van der Waals surface area contributed by atoms with Crippen molar-refractivity contribution in [3.8, 4) is 0 Å². The Balaban J connectivity index is 1.80. The predicted octanol–water partition coefficient (Wildman–Crippen LogP) is 3.77. The minimum absolute atomic E-state index is 0.143. The molecule has 1 amide bonds. The van der Waals surface area contributed by atoms with Crippen LogP contribution < -0.4 is 10.2 Å². The van der Waals surface area contributed by atoms with Gasteiger partial charge in [0.05, 0.1) is 6.04 Å². The Kier molecular flexibility index (Phi) is 6.51. The molecule has 0 saturated heterocycles. The summed E-state index contributed by atoms with van der Waals surface area (Å²) in [5.41, 5.74) is 5.30. The highest BCUT2D eigenvalue weighted by atomic mass is 16.1. The lowest BCUT2D eigenvalue weighted by atomic mass is 9.96. The number of hydrogen-bond acceptors (Lipinski definition) is 3. The van der Waals surface area contributed by atoms with Crippen LogP contribution in [0.4, 0.5) is 5.69 Å². The van der Waals surface area contributed by atoms with Gasteiger partial charge in [0.2, 0.25) is 5.91 Å². The third-order valence-corrected chi connectivity index (χ3v) is 5.36. The average molecular weight is 366 g/mol. The lowest BCUT2D eigenvalue weighted by Gasteiger charge is -2.36. The first kappa shape index (κ1) is 19.4. The van der Waals surface area contributed by atoms with Crippen LogP contribution in [-0.4, -0.2) is 38.0 Å². The first-order valence-corrected chi connectivity index (χ1v) is 9.93. The zero-order chi connectivity index (χ0) is 19.2. The molecular formula is C23H31N3O. The summed E-state index contributed by atoms with van der Waals surface area (Å²) in [5, 5.41) is 3.15. The average Bonchev–Trinajstić information content (AvgIpc) is 2.68. The highest BCUT2D eigenvalue weighted by Crippen LogP contribution is 2.28. The Morgan fingerprint density at radius 1 is 1.11 bits per heavy atom. The van der Waals surface area contributed by atoms with E-state index in [0.717, 1.165) is 25.9 Å². The molecule has 0 bridgehead atoms. The smallest absolute Gasteiger partial charge is 0.220 e. The van der Waals surface area contributed by atoms with Gasteiger partial charge in [-0.2, -0.15) is 0 Å². The van der Waals surface area contributed by atoms with E-state index in [-0.39, 0.29) is 11.9 Å². The van der Waals surface area contributed by atoms with Gasteiger partial charge in [-0.25, -0.2) is 0 Å². The van der Waals surface area contributed by atoms with E-state index in [1.165, 1.54) is 22.4 Å². The van der Waals surface area contributed by atoms with Gasteiger partial charge in [-0.15, -0.1) is 0 Å². The van der Waals surface area contributed by atoms with E-state index in [0.29, 0.717) is 13.0 Å². The Labute approximate surface area is 163 Å². The quantitative estimate of drug-likeness (QED) is 0.811. The number of nitrogens with one attached hydrogen (secondary N) is 1. The van der Waals surface area contributed by atoms with Crippen molar-refractivity contribution in [2.45, 2.75) is 38.8 Å². The van der Waals surface area contributed by atoms with Crippen molar-refractivity contribution in [3.63, 3.8) is 0 Å². The fourth-order valence-electron chi connectivity index (χ4n) is 3.76. The molecule has 2 aromatic rings. The zero-order valence-electron chi connectivity index (χ0n) is 16.7. The highest BCUT2D eigenvalue weighted by molar-refractivity contribution is 5.75. The standard InChI is InChI=1S/C23H31N3O/c1-4-7-23(27)24-16-22(19-10-12-21(13-11-19)25(2)3)26-15-14-18-8-5-6-9-20(18)17-26/h5-6,8-13,22H,4,7,14-17H2,1-3H3,(H,24,27). The normalized spacial score (nSPS) is 15.1. The van der Waals surface area contributed by atoms with Crippen LogP contribution in [0.3, 0.4) is 0 Å². The van der Waals surface area contributed by atoms with Gasteiger partial charge in [0, 0.05) is 45.8 Å². The molecule has 144 valence electrons. The number of amides is 1. The van der Waals surface area contributed by atoms with Gasteiger partial charge < -0.3 is 10.2 Å². The SMILES string of the molecule is CCCC(=O)NCC(c1ccc(N(C)C)cc1)N1CCc2ccccc2C1. The third-order valence-electron chi connectivity index (χ3n) is 5.36. The topological polar surface area (TPSA) is 35.6 Å². The molecule has 27 heavy (non-hydrogen) atoms. The number of benzene rings is 2. The number of carbonyl (C=O) groups is 1. The summed E-state index contributed by atoms with van der Waals surface area (Å²) >= 11 is 0. The van der Waals surface area contributed by atoms with Crippen LogP contribution in [0.5, 0.6) is 0 Å². The third kappa shape index (κ3) is 4.89. The van der Waals surface area contributed by atoms with Crippen molar-refractivity contribution < 1.29 is 4.79 Å². The Morgan fingerprint density at radius 3 is 2.48 bits per heavy atom. The number of fused-ring (bicyclic) bond motifs is 1. The molecule has 0 saturated carbocycles. The maximum Gasteiger partial charge on any atom is 0.220 e. The molecule has 1 atom stereocenters. The minimum atomic E-state index is 0.143. The summed E-state index contributed by atoms with van der Waals surface area (Å²) in [6, 6.07) is 17.6. The number of rotatable bonds is 7. The fourth-order valence-corrected chi connectivity index (χ4v) is 3.76. The molecule has 4 heteroatoms. The lowest BCUT2D eigenvalue weighted by molar-refractivity contribution is -0.121. The van der Waals surface area contributed by atoms with E-state index in [2.05, 4.69) is 77.7 Å². The van der Waals surface area contributed by atoms with Gasteiger partial charge in [-0.1, -0.05) is 43.3 Å². The number of nitrogens with zero attached hydrogens (tertiary/aromatic N) is 2. The Bertz CT molecular complexity index is 754. The van der Waals surface area contributed by atoms with Crippen molar-refractivity contribution in [1.82, 2.24) is 10.2 Å². The van der Waals surface area contributed by atoms with Crippen LogP contribution in [0.1, 0.15) is 42.5 Å². The molecular weight excluding hydrogens is 334 g/mol. The van der Waals surface area contributed by atoms with Gasteiger partial charge in [-0.05, 0) is 41.7 Å². The van der Waals surface area contributed by atoms with Gasteiger partial charge in [0.25, 0.3) is 0 Å². The number of carbonyl (C=O) groups excluding carboxylic acids is 1. The van der Waals surface area contributed by atoms with Gasteiger partial charge in [-0.3, -0.25) is 9.69 Å². The lowest BCUT2D eigenvalue weighted by Crippen LogP contribution is -2.40. The Morgan fingerprint density at radius 2 is 1.81 bits per heavy atom. The number of hydrogen-bond donors (Lipinski definition) is 1. The second kappa shape index (κ2) is 9.05. The van der Waals surface area contributed by atoms with E-state index >= 15 is 0 Å². The summed E-state index contributed by atoms with van der Waals surface area (Å²) in [7, 11) is 4.11. The molecule has 0 spiro atoms. The largest absolute Gasteiger partial charge is 0.378 e. The summed E-state index contributed by atoms with van der Waals surface area (Å²) in [5.74, 6) is 0.143. The van der Waals surface area contributed by atoms with Gasteiger partial charge in [0.1, 0.15) is 0 Å². The van der Waals surface area contributed by atoms with Gasteiger partial charge >= 0.3 is 0 Å². The van der Waals surface area contributed by atoms with E-state index < -0.39 is 0 Å². The molecule has 4 nitrogen and oxygen atoms in total. The highest BCUT2D eigenvalue weighted by Gasteiger charge is 2.25. The molecule has 0 fully saturated rings. The summed E-state index contributed by atoms with van der Waals surface area (Å²) < 4.78 is 0. The molecule has 1 aliphatic heterocycles. The molecule has 0 aromatic heterocycles. The van der Waals surface area contributed by atoms with Crippen LogP contribution in [0.25, 0.3) is 0 Å². The Hall–Kier alpha value is -2.33. The monoisotopic (exact) mass is 365 g/mol. The maximum atomic E-state index is 12.1. The van der Waals surface area contributed by atoms with E-state index in [4.69, 9.17) is 0 Å². The van der Waals surface area contributed by atoms with Crippen LogP contribution in [0, 0.1) is 0 Å². The van der Waals surface area contributed by atoms with Crippen LogP contribution in [-0.2, 0) is 17.8 Å². The summed E-state index contributed by atoms with van der Waals surface area (Å²) in [6.07, 6.45) is 2.53. The molecule has 0 radical (unpaired) electrons. The van der Waals surface area contributed by atoms with E-state index in [1.54, 1.807) is 0 Å². The number of anilines is 1. The molecule has 2 aromatic carbocycles.